The zero-order chi connectivity index (χ0) is 11.7. The number of aromatic nitrogens is 1. The molecular weight excluding hydrogens is 294 g/mol. The van der Waals surface area contributed by atoms with Crippen molar-refractivity contribution < 1.29 is 0 Å². The summed E-state index contributed by atoms with van der Waals surface area (Å²) in [4.78, 5) is 4.59. The lowest BCUT2D eigenvalue weighted by atomic mass is 10.1. The van der Waals surface area contributed by atoms with E-state index in [1.807, 2.05) is 6.07 Å². The molecule has 1 heterocycles. The monoisotopic (exact) mass is 303 g/mol. The normalized spacial score (nSPS) is 10.9. The van der Waals surface area contributed by atoms with Gasteiger partial charge in [-0.1, -0.05) is 52.3 Å². The average molecular weight is 304 g/mol. The molecule has 0 aliphatic rings. The van der Waals surface area contributed by atoms with Gasteiger partial charge in [0.15, 0.2) is 0 Å². The summed E-state index contributed by atoms with van der Waals surface area (Å²) in [6, 6.07) is 16.9. The Bertz CT molecular complexity index is 646. The summed E-state index contributed by atoms with van der Waals surface area (Å²) in [7, 11) is 0. The molecule has 0 fully saturated rings. The number of alkyl halides is 1. The third kappa shape index (κ3) is 2.13. The van der Waals surface area contributed by atoms with Gasteiger partial charge in [0, 0.05) is 0 Å². The van der Waals surface area contributed by atoms with Gasteiger partial charge in [0.25, 0.3) is 0 Å². The molecule has 0 N–H and O–H groups in total. The number of benzene rings is 2. The van der Waals surface area contributed by atoms with E-state index >= 15 is 0 Å². The van der Waals surface area contributed by atoms with Crippen LogP contribution in [0.2, 0.25) is 0 Å². The minimum absolute atomic E-state index is 0.826. The van der Waals surface area contributed by atoms with Crippen molar-refractivity contribution in [1.82, 2.24) is 4.98 Å². The summed E-state index contributed by atoms with van der Waals surface area (Å²) >= 11 is 5.19. The van der Waals surface area contributed by atoms with Crippen LogP contribution in [0.4, 0.5) is 0 Å². The molecule has 3 rings (SSSR count). The molecule has 0 radical (unpaired) electrons. The predicted molar refractivity (Wildman–Crippen MR) is 77.7 cm³/mol. The van der Waals surface area contributed by atoms with E-state index in [1.165, 1.54) is 15.8 Å². The molecule has 0 aliphatic carbocycles. The first-order chi connectivity index (χ1) is 8.36. The summed E-state index contributed by atoms with van der Waals surface area (Å²) in [5.41, 5.74) is 3.55. The highest BCUT2D eigenvalue weighted by Crippen LogP contribution is 2.28. The topological polar surface area (TPSA) is 12.9 Å². The van der Waals surface area contributed by atoms with Crippen LogP contribution in [0.1, 0.15) is 5.01 Å². The van der Waals surface area contributed by atoms with E-state index in [1.54, 1.807) is 11.3 Å². The van der Waals surface area contributed by atoms with Gasteiger partial charge in [0.2, 0.25) is 0 Å². The number of hydrogen-bond donors (Lipinski definition) is 0. The highest BCUT2D eigenvalue weighted by molar-refractivity contribution is 9.08. The molecule has 17 heavy (non-hydrogen) atoms. The minimum atomic E-state index is 0.826. The fourth-order valence-electron chi connectivity index (χ4n) is 1.84. The third-order valence-electron chi connectivity index (χ3n) is 2.65. The van der Waals surface area contributed by atoms with E-state index in [2.05, 4.69) is 63.4 Å². The predicted octanol–water partition coefficient (Wildman–Crippen LogP) is 4.86. The summed E-state index contributed by atoms with van der Waals surface area (Å²) < 4.78 is 1.25. The van der Waals surface area contributed by atoms with Gasteiger partial charge in [-0.3, -0.25) is 0 Å². The van der Waals surface area contributed by atoms with E-state index in [9.17, 15) is 0 Å². The second-order valence-corrected chi connectivity index (χ2v) is 5.47. The van der Waals surface area contributed by atoms with E-state index in [0.29, 0.717) is 0 Å². The van der Waals surface area contributed by atoms with Crippen LogP contribution in [0, 0.1) is 0 Å². The number of nitrogens with zero attached hydrogens (tertiary/aromatic N) is 1. The molecule has 84 valence electrons. The Morgan fingerprint density at radius 1 is 1.00 bits per heavy atom. The second-order valence-electron chi connectivity index (χ2n) is 3.79. The molecule has 0 aliphatic heterocycles. The van der Waals surface area contributed by atoms with Gasteiger partial charge in [0.1, 0.15) is 5.01 Å². The number of rotatable bonds is 2. The van der Waals surface area contributed by atoms with Crippen LogP contribution in [0.3, 0.4) is 0 Å². The molecule has 0 saturated heterocycles. The number of thiazole rings is 1. The van der Waals surface area contributed by atoms with Crippen molar-refractivity contribution in [2.24, 2.45) is 0 Å². The van der Waals surface area contributed by atoms with E-state index in [4.69, 9.17) is 0 Å². The molecule has 2 aromatic carbocycles. The molecule has 1 aromatic heterocycles. The lowest BCUT2D eigenvalue weighted by Crippen LogP contribution is -1.77. The first kappa shape index (κ1) is 10.9. The summed E-state index contributed by atoms with van der Waals surface area (Å²) in [6.07, 6.45) is 0. The van der Waals surface area contributed by atoms with Crippen molar-refractivity contribution in [3.8, 4) is 11.1 Å². The van der Waals surface area contributed by atoms with E-state index in [-0.39, 0.29) is 0 Å². The molecule has 0 saturated carbocycles. The Hall–Kier alpha value is -1.19. The van der Waals surface area contributed by atoms with Gasteiger partial charge < -0.3 is 0 Å². The Balaban J connectivity index is 2.13. The van der Waals surface area contributed by atoms with Crippen LogP contribution >= 0.6 is 27.3 Å². The maximum Gasteiger partial charge on any atom is 0.104 e. The maximum atomic E-state index is 4.59. The van der Waals surface area contributed by atoms with Gasteiger partial charge in [-0.15, -0.1) is 11.3 Å². The Labute approximate surface area is 112 Å². The van der Waals surface area contributed by atoms with E-state index in [0.717, 1.165) is 15.9 Å². The standard InChI is InChI=1S/C14H10BrNS/c15-9-14-16-12-8-11(6-7-13(12)17-14)10-4-2-1-3-5-10/h1-8H,9H2. The second kappa shape index (κ2) is 4.59. The van der Waals surface area contributed by atoms with Crippen LogP contribution < -0.4 is 0 Å². The Kier molecular flexibility index (Phi) is 2.95. The van der Waals surface area contributed by atoms with Crippen molar-refractivity contribution in [2.45, 2.75) is 5.33 Å². The molecule has 0 spiro atoms. The first-order valence-electron chi connectivity index (χ1n) is 5.37. The molecule has 0 amide bonds. The maximum absolute atomic E-state index is 4.59. The zero-order valence-corrected chi connectivity index (χ0v) is 11.5. The van der Waals surface area contributed by atoms with Crippen molar-refractivity contribution in [3.05, 3.63) is 53.5 Å². The highest BCUT2D eigenvalue weighted by Gasteiger charge is 2.04. The van der Waals surface area contributed by atoms with Gasteiger partial charge >= 0.3 is 0 Å². The van der Waals surface area contributed by atoms with Crippen LogP contribution in [-0.2, 0) is 5.33 Å². The fraction of sp³-hybridized carbons (Fsp3) is 0.0714. The number of hydrogen-bond acceptors (Lipinski definition) is 2. The molecule has 0 unspecified atom stereocenters. The summed E-state index contributed by atoms with van der Waals surface area (Å²) in [6.45, 7) is 0. The Morgan fingerprint density at radius 2 is 1.82 bits per heavy atom. The molecule has 0 atom stereocenters. The smallest absolute Gasteiger partial charge is 0.104 e. The number of fused-ring (bicyclic) bond motifs is 1. The van der Waals surface area contributed by atoms with Crippen LogP contribution in [0.25, 0.3) is 21.3 Å². The summed E-state index contributed by atoms with van der Waals surface area (Å²) in [5.74, 6) is 0. The first-order valence-corrected chi connectivity index (χ1v) is 7.31. The lowest BCUT2D eigenvalue weighted by molar-refractivity contribution is 1.32. The van der Waals surface area contributed by atoms with Gasteiger partial charge in [-0.25, -0.2) is 4.98 Å². The lowest BCUT2D eigenvalue weighted by Gasteiger charge is -2.00. The van der Waals surface area contributed by atoms with Crippen LogP contribution in [0.15, 0.2) is 48.5 Å². The van der Waals surface area contributed by atoms with Crippen LogP contribution in [-0.4, -0.2) is 4.98 Å². The van der Waals surface area contributed by atoms with Crippen molar-refractivity contribution >= 4 is 37.5 Å². The average Bonchev–Trinajstić information content (AvgIpc) is 2.81. The molecule has 0 bridgehead atoms. The SMILES string of the molecule is BrCc1nc2cc(-c3ccccc3)ccc2s1. The van der Waals surface area contributed by atoms with Crippen molar-refractivity contribution in [3.63, 3.8) is 0 Å². The zero-order valence-electron chi connectivity index (χ0n) is 9.06. The minimum Gasteiger partial charge on any atom is -0.240 e. The molecule has 3 aromatic rings. The summed E-state index contributed by atoms with van der Waals surface area (Å²) in [5, 5.41) is 1.96. The molecular formula is C14H10BrNS. The van der Waals surface area contributed by atoms with Gasteiger partial charge in [-0.2, -0.15) is 0 Å². The third-order valence-corrected chi connectivity index (χ3v) is 4.59. The quantitative estimate of drug-likeness (QED) is 0.616. The van der Waals surface area contributed by atoms with Crippen molar-refractivity contribution in [2.75, 3.05) is 0 Å². The number of halogens is 1. The van der Waals surface area contributed by atoms with E-state index < -0.39 is 0 Å². The highest BCUT2D eigenvalue weighted by atomic mass is 79.9. The molecule has 1 nitrogen and oxygen atoms in total. The van der Waals surface area contributed by atoms with Crippen molar-refractivity contribution in [1.29, 1.82) is 0 Å². The van der Waals surface area contributed by atoms with Gasteiger partial charge in [0.05, 0.1) is 15.5 Å². The van der Waals surface area contributed by atoms with Gasteiger partial charge in [-0.05, 0) is 23.3 Å². The Morgan fingerprint density at radius 3 is 2.59 bits per heavy atom. The molecule has 3 heteroatoms. The van der Waals surface area contributed by atoms with Crippen LogP contribution in [0.5, 0.6) is 0 Å². The largest absolute Gasteiger partial charge is 0.240 e. The fourth-order valence-corrected chi connectivity index (χ4v) is 3.11.